The maximum Gasteiger partial charge on any atom is 0.191 e. The van der Waals surface area contributed by atoms with Crippen LogP contribution in [-0.4, -0.2) is 62.2 Å². The number of guanidine groups is 1. The zero-order valence-corrected chi connectivity index (χ0v) is 17.7. The Morgan fingerprint density at radius 1 is 1.23 bits per heavy atom. The molecule has 1 saturated heterocycles. The van der Waals surface area contributed by atoms with Crippen molar-refractivity contribution in [1.82, 2.24) is 15.5 Å². The lowest BCUT2D eigenvalue weighted by molar-refractivity contribution is 0.245. The van der Waals surface area contributed by atoms with Gasteiger partial charge in [-0.2, -0.15) is 11.8 Å². The third-order valence-corrected chi connectivity index (χ3v) is 6.25. The molecule has 0 saturated carbocycles. The van der Waals surface area contributed by atoms with Gasteiger partial charge in [-0.25, -0.2) is 0 Å². The summed E-state index contributed by atoms with van der Waals surface area (Å²) in [6.07, 6.45) is 4.70. The van der Waals surface area contributed by atoms with Gasteiger partial charge in [0, 0.05) is 24.9 Å². The third kappa shape index (κ3) is 6.09. The number of aliphatic imine (C=N–C) groups is 1. The second-order valence-corrected chi connectivity index (χ2v) is 8.82. The highest BCUT2D eigenvalue weighted by molar-refractivity contribution is 7.99. The number of rotatable bonds is 8. The van der Waals surface area contributed by atoms with E-state index in [1.54, 1.807) is 7.11 Å². The minimum atomic E-state index is 0.182. The average molecular weight is 379 g/mol. The summed E-state index contributed by atoms with van der Waals surface area (Å²) in [5, 5.41) is 6.98. The van der Waals surface area contributed by atoms with Gasteiger partial charge in [0.05, 0.1) is 13.2 Å². The number of methoxy groups -OCH3 is 1. The van der Waals surface area contributed by atoms with Crippen LogP contribution in [-0.2, 0) is 0 Å². The predicted molar refractivity (Wildman–Crippen MR) is 114 cm³/mol. The van der Waals surface area contributed by atoms with E-state index in [4.69, 9.17) is 4.74 Å². The SMILES string of the molecule is CN=C(NCC(c1ccc(OC)cc1)N1CCCC1)NCC(C)(C)SC. The fourth-order valence-corrected chi connectivity index (χ4v) is 3.34. The van der Waals surface area contributed by atoms with Gasteiger partial charge in [0.2, 0.25) is 0 Å². The molecule has 1 atom stereocenters. The van der Waals surface area contributed by atoms with Crippen molar-refractivity contribution < 1.29 is 4.74 Å². The highest BCUT2D eigenvalue weighted by Crippen LogP contribution is 2.26. The zero-order valence-electron chi connectivity index (χ0n) is 16.8. The van der Waals surface area contributed by atoms with E-state index in [0.29, 0.717) is 6.04 Å². The van der Waals surface area contributed by atoms with E-state index in [2.05, 4.69) is 52.8 Å². The highest BCUT2D eigenvalue weighted by atomic mass is 32.2. The molecule has 1 fully saturated rings. The smallest absolute Gasteiger partial charge is 0.191 e. The van der Waals surface area contributed by atoms with Crippen LogP contribution in [0.2, 0.25) is 0 Å². The molecule has 1 unspecified atom stereocenters. The first-order valence-corrected chi connectivity index (χ1v) is 10.6. The van der Waals surface area contributed by atoms with Crippen LogP contribution in [0.3, 0.4) is 0 Å². The van der Waals surface area contributed by atoms with E-state index >= 15 is 0 Å². The van der Waals surface area contributed by atoms with Gasteiger partial charge in [0.1, 0.15) is 5.75 Å². The van der Waals surface area contributed by atoms with E-state index in [0.717, 1.165) is 37.9 Å². The largest absolute Gasteiger partial charge is 0.497 e. The first-order valence-electron chi connectivity index (χ1n) is 9.37. The number of likely N-dealkylation sites (tertiary alicyclic amines) is 1. The van der Waals surface area contributed by atoms with Crippen LogP contribution >= 0.6 is 11.8 Å². The molecule has 2 N–H and O–H groups in total. The van der Waals surface area contributed by atoms with Crippen LogP contribution in [0.15, 0.2) is 29.3 Å². The Bertz CT molecular complexity index is 568. The molecule has 1 aliphatic rings. The van der Waals surface area contributed by atoms with E-state index < -0.39 is 0 Å². The van der Waals surface area contributed by atoms with Gasteiger partial charge in [-0.1, -0.05) is 12.1 Å². The molecule has 5 nitrogen and oxygen atoms in total. The van der Waals surface area contributed by atoms with Crippen molar-refractivity contribution in [3.05, 3.63) is 29.8 Å². The number of thioether (sulfide) groups is 1. The summed E-state index contributed by atoms with van der Waals surface area (Å²) < 4.78 is 5.49. The minimum absolute atomic E-state index is 0.182. The summed E-state index contributed by atoms with van der Waals surface area (Å²) in [6.45, 7) is 8.51. The molecule has 1 heterocycles. The average Bonchev–Trinajstić information content (AvgIpc) is 3.19. The normalized spacial score (nSPS) is 17.2. The lowest BCUT2D eigenvalue weighted by Gasteiger charge is -2.30. The molecule has 26 heavy (non-hydrogen) atoms. The quantitative estimate of drug-likeness (QED) is 0.538. The standard InChI is InChI=1S/C20H34N4OS/c1-20(2,26-5)15-23-19(21-3)22-14-18(24-12-6-7-13-24)16-8-10-17(25-4)11-9-16/h8-11,18H,6-7,12-15H2,1-5H3,(H2,21,22,23). The van der Waals surface area contributed by atoms with Crippen molar-refractivity contribution in [2.45, 2.75) is 37.5 Å². The topological polar surface area (TPSA) is 48.9 Å². The third-order valence-electron chi connectivity index (χ3n) is 5.00. The van der Waals surface area contributed by atoms with Crippen molar-refractivity contribution >= 4 is 17.7 Å². The molecule has 6 heteroatoms. The molecular weight excluding hydrogens is 344 g/mol. The van der Waals surface area contributed by atoms with Crippen molar-refractivity contribution in [2.24, 2.45) is 4.99 Å². The molecule has 1 aromatic carbocycles. The van der Waals surface area contributed by atoms with E-state index in [9.17, 15) is 0 Å². The molecule has 0 radical (unpaired) electrons. The van der Waals surface area contributed by atoms with Gasteiger partial charge in [-0.15, -0.1) is 0 Å². The second-order valence-electron chi connectivity index (χ2n) is 7.30. The fraction of sp³-hybridized carbons (Fsp3) is 0.650. The molecule has 0 amide bonds. The molecule has 2 rings (SSSR count). The Morgan fingerprint density at radius 2 is 1.88 bits per heavy atom. The Kier molecular flexibility index (Phi) is 8.10. The Hall–Kier alpha value is -1.40. The van der Waals surface area contributed by atoms with Gasteiger partial charge < -0.3 is 15.4 Å². The van der Waals surface area contributed by atoms with Gasteiger partial charge in [0.15, 0.2) is 5.96 Å². The lowest BCUT2D eigenvalue weighted by atomic mass is 10.1. The van der Waals surface area contributed by atoms with Crippen LogP contribution in [0.4, 0.5) is 0 Å². The van der Waals surface area contributed by atoms with Gasteiger partial charge in [-0.05, 0) is 63.7 Å². The predicted octanol–water partition coefficient (Wildman–Crippen LogP) is 3.14. The van der Waals surface area contributed by atoms with Crippen molar-refractivity contribution in [2.75, 3.05) is 46.6 Å². The van der Waals surface area contributed by atoms with Crippen molar-refractivity contribution in [1.29, 1.82) is 0 Å². The second kappa shape index (κ2) is 10.1. The first kappa shape index (κ1) is 20.9. The molecular formula is C20H34N4OS. The molecule has 0 bridgehead atoms. The summed E-state index contributed by atoms with van der Waals surface area (Å²) in [5.74, 6) is 1.77. The van der Waals surface area contributed by atoms with Crippen molar-refractivity contribution in [3.63, 3.8) is 0 Å². The Labute approximate surface area is 163 Å². The maximum atomic E-state index is 5.30. The Balaban J connectivity index is 2.01. The zero-order chi connectivity index (χ0) is 19.0. The number of ether oxygens (including phenoxy) is 1. The van der Waals surface area contributed by atoms with Crippen LogP contribution < -0.4 is 15.4 Å². The van der Waals surface area contributed by atoms with Gasteiger partial charge in [-0.3, -0.25) is 9.89 Å². The molecule has 0 aliphatic carbocycles. The highest BCUT2D eigenvalue weighted by Gasteiger charge is 2.24. The number of hydrogen-bond acceptors (Lipinski definition) is 4. The minimum Gasteiger partial charge on any atom is -0.497 e. The number of nitrogens with one attached hydrogen (secondary N) is 2. The van der Waals surface area contributed by atoms with Gasteiger partial charge >= 0.3 is 0 Å². The van der Waals surface area contributed by atoms with Crippen LogP contribution in [0.25, 0.3) is 0 Å². The molecule has 0 spiro atoms. The molecule has 146 valence electrons. The summed E-state index contributed by atoms with van der Waals surface area (Å²) >= 11 is 1.86. The van der Waals surface area contributed by atoms with Crippen LogP contribution in [0.1, 0.15) is 38.3 Å². The molecule has 1 aliphatic heterocycles. The number of nitrogens with zero attached hydrogens (tertiary/aromatic N) is 2. The van der Waals surface area contributed by atoms with Gasteiger partial charge in [0.25, 0.3) is 0 Å². The Morgan fingerprint density at radius 3 is 2.42 bits per heavy atom. The first-order chi connectivity index (χ1) is 12.5. The summed E-state index contributed by atoms with van der Waals surface area (Å²) in [7, 11) is 3.54. The van der Waals surface area contributed by atoms with Crippen LogP contribution in [0.5, 0.6) is 5.75 Å². The monoisotopic (exact) mass is 378 g/mol. The summed E-state index contributed by atoms with van der Waals surface area (Å²) in [5.41, 5.74) is 1.32. The van der Waals surface area contributed by atoms with E-state index in [1.807, 2.05) is 30.9 Å². The van der Waals surface area contributed by atoms with E-state index in [1.165, 1.54) is 18.4 Å². The van der Waals surface area contributed by atoms with E-state index in [-0.39, 0.29) is 4.75 Å². The van der Waals surface area contributed by atoms with Crippen molar-refractivity contribution in [3.8, 4) is 5.75 Å². The summed E-state index contributed by atoms with van der Waals surface area (Å²) in [6, 6.07) is 8.79. The number of benzene rings is 1. The van der Waals surface area contributed by atoms with Crippen LogP contribution in [0, 0.1) is 0 Å². The molecule has 1 aromatic rings. The fourth-order valence-electron chi connectivity index (χ4n) is 3.12. The lowest BCUT2D eigenvalue weighted by Crippen LogP contribution is -2.46. The summed E-state index contributed by atoms with van der Waals surface area (Å²) in [4.78, 5) is 6.96. The number of hydrogen-bond donors (Lipinski definition) is 2. The molecule has 0 aromatic heterocycles. The maximum absolute atomic E-state index is 5.30.